The van der Waals surface area contributed by atoms with Crippen molar-refractivity contribution in [3.05, 3.63) is 11.4 Å². The fourth-order valence-corrected chi connectivity index (χ4v) is 3.41. The van der Waals surface area contributed by atoms with E-state index in [4.69, 9.17) is 4.98 Å². The van der Waals surface area contributed by atoms with E-state index in [1.54, 1.807) is 0 Å². The Balaban J connectivity index is 2.20. The first-order chi connectivity index (χ1) is 10.0. The fraction of sp³-hybridized carbons (Fsp3) is 0.765. The standard InChI is InChI=1S/C17H30N4/c1-6-17(7-2)9-11-21(12-10-17)16-13(4)15(18-8-3)19-14(5)20-16/h6-12H2,1-5H3,(H,18,19,20). The molecular formula is C17H30N4. The number of rotatable bonds is 5. The lowest BCUT2D eigenvalue weighted by Crippen LogP contribution is -2.40. The summed E-state index contributed by atoms with van der Waals surface area (Å²) in [5, 5.41) is 3.36. The average Bonchev–Trinajstić information content (AvgIpc) is 2.51. The first-order valence-electron chi connectivity index (χ1n) is 8.39. The van der Waals surface area contributed by atoms with E-state index in [1.165, 1.54) is 31.2 Å². The lowest BCUT2D eigenvalue weighted by molar-refractivity contribution is 0.199. The van der Waals surface area contributed by atoms with Gasteiger partial charge in [0.05, 0.1) is 0 Å². The van der Waals surface area contributed by atoms with Crippen LogP contribution in [0.3, 0.4) is 0 Å². The van der Waals surface area contributed by atoms with Crippen molar-refractivity contribution in [3.63, 3.8) is 0 Å². The van der Waals surface area contributed by atoms with Gasteiger partial charge in [-0.1, -0.05) is 26.7 Å². The van der Waals surface area contributed by atoms with E-state index < -0.39 is 0 Å². The van der Waals surface area contributed by atoms with Crippen molar-refractivity contribution < 1.29 is 0 Å². The Kier molecular flexibility index (Phi) is 5.07. The molecule has 4 nitrogen and oxygen atoms in total. The second kappa shape index (κ2) is 6.63. The molecule has 1 saturated heterocycles. The van der Waals surface area contributed by atoms with Crippen LogP contribution in [0.2, 0.25) is 0 Å². The van der Waals surface area contributed by atoms with Crippen LogP contribution in [0.15, 0.2) is 0 Å². The third-order valence-corrected chi connectivity index (χ3v) is 5.20. The summed E-state index contributed by atoms with van der Waals surface area (Å²) in [4.78, 5) is 11.7. The molecule has 4 heteroatoms. The Morgan fingerprint density at radius 2 is 1.67 bits per heavy atom. The van der Waals surface area contributed by atoms with Crippen LogP contribution in [-0.2, 0) is 0 Å². The molecule has 1 aliphatic heterocycles. The number of nitrogens with zero attached hydrogens (tertiary/aromatic N) is 3. The molecule has 1 fully saturated rings. The molecule has 2 rings (SSSR count). The number of anilines is 2. The predicted molar refractivity (Wildman–Crippen MR) is 90.1 cm³/mol. The molecule has 1 aromatic rings. The lowest BCUT2D eigenvalue weighted by Gasteiger charge is -2.42. The molecule has 0 bridgehead atoms. The van der Waals surface area contributed by atoms with E-state index in [9.17, 15) is 0 Å². The van der Waals surface area contributed by atoms with Gasteiger partial charge >= 0.3 is 0 Å². The smallest absolute Gasteiger partial charge is 0.137 e. The number of hydrogen-bond donors (Lipinski definition) is 1. The third kappa shape index (κ3) is 3.30. The molecule has 1 aromatic heterocycles. The molecule has 0 radical (unpaired) electrons. The number of piperidine rings is 1. The summed E-state index contributed by atoms with van der Waals surface area (Å²) in [7, 11) is 0. The largest absolute Gasteiger partial charge is 0.370 e. The molecule has 0 amide bonds. The van der Waals surface area contributed by atoms with Gasteiger partial charge in [-0.05, 0) is 39.0 Å². The highest BCUT2D eigenvalue weighted by Crippen LogP contribution is 2.39. The zero-order chi connectivity index (χ0) is 15.5. The topological polar surface area (TPSA) is 41.1 Å². The van der Waals surface area contributed by atoms with Crippen molar-refractivity contribution >= 4 is 11.6 Å². The highest BCUT2D eigenvalue weighted by Gasteiger charge is 2.32. The van der Waals surface area contributed by atoms with Crippen LogP contribution in [0, 0.1) is 19.3 Å². The number of hydrogen-bond acceptors (Lipinski definition) is 4. The summed E-state index contributed by atoms with van der Waals surface area (Å²) in [5.74, 6) is 2.97. The Morgan fingerprint density at radius 3 is 2.19 bits per heavy atom. The number of aromatic nitrogens is 2. The van der Waals surface area contributed by atoms with Gasteiger partial charge in [-0.25, -0.2) is 9.97 Å². The van der Waals surface area contributed by atoms with Crippen LogP contribution >= 0.6 is 0 Å². The summed E-state index contributed by atoms with van der Waals surface area (Å²) < 4.78 is 0. The van der Waals surface area contributed by atoms with Crippen LogP contribution < -0.4 is 10.2 Å². The summed E-state index contributed by atoms with van der Waals surface area (Å²) >= 11 is 0. The molecular weight excluding hydrogens is 260 g/mol. The Bertz CT molecular complexity index is 470. The van der Waals surface area contributed by atoms with Crippen molar-refractivity contribution in [3.8, 4) is 0 Å². The van der Waals surface area contributed by atoms with Crippen molar-refractivity contribution in [2.45, 2.75) is 60.3 Å². The van der Waals surface area contributed by atoms with Crippen LogP contribution in [0.25, 0.3) is 0 Å². The van der Waals surface area contributed by atoms with E-state index in [-0.39, 0.29) is 0 Å². The van der Waals surface area contributed by atoms with Gasteiger partial charge in [0.1, 0.15) is 17.5 Å². The van der Waals surface area contributed by atoms with Crippen LogP contribution in [-0.4, -0.2) is 29.6 Å². The number of nitrogens with one attached hydrogen (secondary N) is 1. The zero-order valence-electron chi connectivity index (χ0n) is 14.3. The van der Waals surface area contributed by atoms with Gasteiger partial charge in [0.25, 0.3) is 0 Å². The molecule has 0 unspecified atom stereocenters. The normalized spacial score (nSPS) is 17.9. The van der Waals surface area contributed by atoms with Crippen molar-refractivity contribution in [2.24, 2.45) is 5.41 Å². The predicted octanol–water partition coefficient (Wildman–Crippen LogP) is 3.93. The maximum atomic E-state index is 4.71. The molecule has 1 N–H and O–H groups in total. The first kappa shape index (κ1) is 16.1. The van der Waals surface area contributed by atoms with Gasteiger partial charge in [-0.3, -0.25) is 0 Å². The molecule has 0 aromatic carbocycles. The van der Waals surface area contributed by atoms with Crippen LogP contribution in [0.1, 0.15) is 57.8 Å². The Morgan fingerprint density at radius 1 is 1.05 bits per heavy atom. The van der Waals surface area contributed by atoms with E-state index >= 15 is 0 Å². The van der Waals surface area contributed by atoms with E-state index in [1.807, 2.05) is 6.92 Å². The first-order valence-corrected chi connectivity index (χ1v) is 8.39. The molecule has 0 atom stereocenters. The van der Waals surface area contributed by atoms with Crippen molar-refractivity contribution in [2.75, 3.05) is 29.9 Å². The third-order valence-electron chi connectivity index (χ3n) is 5.20. The van der Waals surface area contributed by atoms with Crippen molar-refractivity contribution in [1.29, 1.82) is 0 Å². The van der Waals surface area contributed by atoms with Gasteiger partial charge in [0.15, 0.2) is 0 Å². The van der Waals surface area contributed by atoms with Gasteiger partial charge in [-0.2, -0.15) is 0 Å². The molecule has 0 saturated carbocycles. The highest BCUT2D eigenvalue weighted by atomic mass is 15.2. The molecule has 118 valence electrons. The summed E-state index contributed by atoms with van der Waals surface area (Å²) in [6.07, 6.45) is 5.14. The van der Waals surface area contributed by atoms with Gasteiger partial charge in [0, 0.05) is 25.2 Å². The minimum atomic E-state index is 0.553. The minimum Gasteiger partial charge on any atom is -0.370 e. The lowest BCUT2D eigenvalue weighted by atomic mass is 9.74. The molecule has 2 heterocycles. The summed E-state index contributed by atoms with van der Waals surface area (Å²) in [6.45, 7) is 14.0. The Labute approximate surface area is 129 Å². The molecule has 0 aliphatic carbocycles. The minimum absolute atomic E-state index is 0.553. The van der Waals surface area contributed by atoms with E-state index in [0.717, 1.165) is 37.1 Å². The molecule has 21 heavy (non-hydrogen) atoms. The maximum Gasteiger partial charge on any atom is 0.137 e. The summed E-state index contributed by atoms with van der Waals surface area (Å²) in [5.41, 5.74) is 1.74. The zero-order valence-corrected chi connectivity index (χ0v) is 14.3. The van der Waals surface area contributed by atoms with Crippen molar-refractivity contribution in [1.82, 2.24) is 9.97 Å². The quantitative estimate of drug-likeness (QED) is 0.892. The SMILES string of the molecule is CCNc1nc(C)nc(N2CCC(CC)(CC)CC2)c1C. The van der Waals surface area contributed by atoms with Gasteiger partial charge < -0.3 is 10.2 Å². The molecule has 0 spiro atoms. The van der Waals surface area contributed by atoms with Gasteiger partial charge in [0.2, 0.25) is 0 Å². The fourth-order valence-electron chi connectivity index (χ4n) is 3.41. The van der Waals surface area contributed by atoms with Crippen LogP contribution in [0.4, 0.5) is 11.6 Å². The highest BCUT2D eigenvalue weighted by molar-refractivity contribution is 5.58. The molecule has 1 aliphatic rings. The average molecular weight is 290 g/mol. The summed E-state index contributed by atoms with van der Waals surface area (Å²) in [6, 6.07) is 0. The maximum absolute atomic E-state index is 4.71. The Hall–Kier alpha value is -1.32. The second-order valence-electron chi connectivity index (χ2n) is 6.29. The van der Waals surface area contributed by atoms with E-state index in [2.05, 4.69) is 42.9 Å². The van der Waals surface area contributed by atoms with Crippen LogP contribution in [0.5, 0.6) is 0 Å². The number of aryl methyl sites for hydroxylation is 1. The van der Waals surface area contributed by atoms with E-state index in [0.29, 0.717) is 5.41 Å². The monoisotopic (exact) mass is 290 g/mol. The second-order valence-corrected chi connectivity index (χ2v) is 6.29. The van der Waals surface area contributed by atoms with Gasteiger partial charge in [-0.15, -0.1) is 0 Å².